The Balaban J connectivity index is 0. The van der Waals surface area contributed by atoms with Crippen molar-refractivity contribution in [3.8, 4) is 6.07 Å². The van der Waals surface area contributed by atoms with Gasteiger partial charge < -0.3 is 31.1 Å². The molecule has 0 bridgehead atoms. The number of primary amides is 2. The van der Waals surface area contributed by atoms with E-state index in [-0.39, 0.29) is 11.3 Å². The Morgan fingerprint density at radius 2 is 1.36 bits per heavy atom. The van der Waals surface area contributed by atoms with Crippen LogP contribution in [0.5, 0.6) is 0 Å². The molecular weight excluding hydrogens is 568 g/mol. The number of ether oxygens (including phenoxy) is 1. The summed E-state index contributed by atoms with van der Waals surface area (Å²) in [5, 5.41) is 19.5. The highest BCUT2D eigenvalue weighted by atomic mass is 32.2. The summed E-state index contributed by atoms with van der Waals surface area (Å²) in [5.74, 6) is -1.33. The fraction of sp³-hybridized carbons (Fsp3) is 0.800. The van der Waals surface area contributed by atoms with Crippen molar-refractivity contribution in [3.05, 3.63) is 11.4 Å². The number of piperazine rings is 2. The molecule has 42 heavy (non-hydrogen) atoms. The predicted octanol–water partition coefficient (Wildman–Crippen LogP) is -2.32. The van der Waals surface area contributed by atoms with Gasteiger partial charge in [-0.2, -0.15) is 9.15 Å². The third-order valence-corrected chi connectivity index (χ3v) is 9.28. The van der Waals surface area contributed by atoms with E-state index in [1.165, 1.54) is 0 Å². The van der Waals surface area contributed by atoms with E-state index < -0.39 is 40.3 Å². The van der Waals surface area contributed by atoms with Crippen LogP contribution in [0.3, 0.4) is 0 Å². The van der Waals surface area contributed by atoms with Crippen LogP contribution in [0.15, 0.2) is 4.40 Å². The van der Waals surface area contributed by atoms with Gasteiger partial charge in [-0.05, 0) is 42.0 Å². The first-order valence-electron chi connectivity index (χ1n) is 13.3. The number of nitrogens with zero attached hydrogens (tertiary/aromatic N) is 8. The molecule has 2 fully saturated rings. The molecule has 2 amide bonds. The molecule has 2 saturated heterocycles. The van der Waals surface area contributed by atoms with Gasteiger partial charge in [0.1, 0.15) is 0 Å². The van der Waals surface area contributed by atoms with Crippen LogP contribution in [-0.4, -0.2) is 155 Å². The molecule has 0 aromatic carbocycles. The second-order valence-corrected chi connectivity index (χ2v) is 11.4. The van der Waals surface area contributed by atoms with Gasteiger partial charge >= 0.3 is 16.4 Å². The average Bonchev–Trinajstić information content (AvgIpc) is 2.93. The van der Waals surface area contributed by atoms with Crippen LogP contribution < -0.4 is 16.6 Å². The third kappa shape index (κ3) is 12.4. The first-order valence-corrected chi connectivity index (χ1v) is 14.7. The number of hydrogen-bond acceptors (Lipinski definition) is 11. The van der Waals surface area contributed by atoms with Gasteiger partial charge in [-0.1, -0.05) is 11.8 Å². The van der Waals surface area contributed by atoms with Crippen LogP contribution >= 0.6 is 0 Å². The Labute approximate surface area is 251 Å². The first kappa shape index (κ1) is 41.1. The third-order valence-electron chi connectivity index (χ3n) is 7.15. The minimum absolute atomic E-state index is 0. The Hall–Kier alpha value is -3.06. The fourth-order valence-electron chi connectivity index (χ4n) is 4.22. The molecule has 0 aliphatic carbocycles. The van der Waals surface area contributed by atoms with Crippen LogP contribution in [-0.2, 0) is 24.5 Å². The number of carbonyl (C=O) groups is 2. The maximum absolute atomic E-state index is 11.8. The van der Waals surface area contributed by atoms with Gasteiger partial charge in [-0.25, -0.2) is 11.5 Å². The lowest BCUT2D eigenvalue weighted by Gasteiger charge is -2.35. The molecule has 2 rings (SSSR count). The number of methoxy groups -OCH3 is 1. The first-order chi connectivity index (χ1) is 19.2. The molecule has 242 valence electrons. The number of carbonyl (C=O) groups excluding carboxylic acids is 2. The second-order valence-electron chi connectivity index (χ2n) is 9.53. The van der Waals surface area contributed by atoms with Gasteiger partial charge in [0.05, 0.1) is 19.6 Å². The molecular formula is C25H50N10O6S. The molecule has 0 aromatic heterocycles. The maximum atomic E-state index is 11.8. The molecule has 2 aliphatic heterocycles. The van der Waals surface area contributed by atoms with Gasteiger partial charge in [-0.3, -0.25) is 19.3 Å². The smallest absolute Gasteiger partial charge is 0.416 e. The quantitative estimate of drug-likeness (QED) is 0.0922. The van der Waals surface area contributed by atoms with E-state index in [1.54, 1.807) is 25.7 Å². The van der Waals surface area contributed by atoms with Crippen LogP contribution in [0.1, 0.15) is 28.2 Å². The van der Waals surface area contributed by atoms with Crippen LogP contribution in [0.2, 0.25) is 0 Å². The van der Waals surface area contributed by atoms with E-state index >= 15 is 0 Å². The van der Waals surface area contributed by atoms with E-state index in [1.807, 2.05) is 18.0 Å². The van der Waals surface area contributed by atoms with Gasteiger partial charge in [0, 0.05) is 52.4 Å². The average molecular weight is 619 g/mol. The lowest BCUT2D eigenvalue weighted by molar-refractivity contribution is -0.800. The number of amides is 2. The number of nitrogens with two attached hydrogens (primary N) is 2. The molecule has 0 aromatic rings. The molecule has 0 radical (unpaired) electrons. The minimum Gasteiger partial charge on any atom is -0.603 e. The summed E-state index contributed by atoms with van der Waals surface area (Å²) in [6.45, 7) is 19.6. The van der Waals surface area contributed by atoms with E-state index in [0.717, 1.165) is 46.4 Å². The monoisotopic (exact) mass is 618 g/mol. The van der Waals surface area contributed by atoms with Gasteiger partial charge in [0.2, 0.25) is 11.8 Å². The van der Waals surface area contributed by atoms with E-state index in [9.17, 15) is 23.1 Å². The van der Waals surface area contributed by atoms with Crippen molar-refractivity contribution in [2.45, 2.75) is 40.4 Å². The van der Waals surface area contributed by atoms with E-state index in [4.69, 9.17) is 23.3 Å². The Kier molecular flexibility index (Phi) is 19.5. The molecule has 4 N–H and O–H groups in total. The highest BCUT2D eigenvalue weighted by Gasteiger charge is 2.37. The number of hydrogen-bond donors (Lipinski definition) is 2. The van der Waals surface area contributed by atoms with E-state index in [0.29, 0.717) is 32.7 Å². The summed E-state index contributed by atoms with van der Waals surface area (Å²) in [6.07, 6.45) is -1.65. The zero-order chi connectivity index (χ0) is 31.8. The van der Waals surface area contributed by atoms with Crippen molar-refractivity contribution in [1.29, 1.82) is 5.26 Å². The molecule has 1 unspecified atom stereocenters. The van der Waals surface area contributed by atoms with Crippen molar-refractivity contribution >= 4 is 28.1 Å². The van der Waals surface area contributed by atoms with Crippen LogP contribution in [0.4, 0.5) is 0 Å². The van der Waals surface area contributed by atoms with Crippen molar-refractivity contribution in [2.24, 2.45) is 15.9 Å². The zero-order valence-electron chi connectivity index (χ0n) is 25.0. The Morgan fingerprint density at radius 1 is 0.976 bits per heavy atom. The molecule has 0 saturated carbocycles. The SMILES string of the molecule is C.CC[N+](CC)(CC)S(=O)(=O)N=C([O-])OC.CN1CCN(C(C(N)=O)C(N)=O)CC1.[C-]#[N+]C(C#N)N1CCN(C)CC1. The summed E-state index contributed by atoms with van der Waals surface area (Å²) in [4.78, 5) is 33.2. The van der Waals surface area contributed by atoms with Crippen LogP contribution in [0.25, 0.3) is 4.85 Å². The predicted molar refractivity (Wildman–Crippen MR) is 158 cm³/mol. The molecule has 17 heteroatoms. The summed E-state index contributed by atoms with van der Waals surface area (Å²) < 4.78 is 30.7. The van der Waals surface area contributed by atoms with Crippen molar-refractivity contribution in [3.63, 3.8) is 0 Å². The number of nitriles is 1. The van der Waals surface area contributed by atoms with Crippen LogP contribution in [0, 0.1) is 17.9 Å². The van der Waals surface area contributed by atoms with Crippen molar-refractivity contribution < 1.29 is 31.7 Å². The van der Waals surface area contributed by atoms with Gasteiger partial charge in [0.15, 0.2) is 18.2 Å². The molecule has 1 atom stereocenters. The Morgan fingerprint density at radius 3 is 1.64 bits per heavy atom. The van der Waals surface area contributed by atoms with Crippen molar-refractivity contribution in [1.82, 2.24) is 19.6 Å². The summed E-state index contributed by atoms with van der Waals surface area (Å²) in [7, 11) is 1.28. The molecule has 0 spiro atoms. The molecule has 2 aliphatic rings. The summed E-state index contributed by atoms with van der Waals surface area (Å²) >= 11 is 0. The highest BCUT2D eigenvalue weighted by molar-refractivity contribution is 7.84. The number of rotatable bonds is 9. The lowest BCUT2D eigenvalue weighted by atomic mass is 10.2. The largest absolute Gasteiger partial charge is 0.603 e. The Bertz CT molecular complexity index is 1000. The zero-order valence-corrected chi connectivity index (χ0v) is 25.8. The topological polar surface area (TPSA) is 206 Å². The summed E-state index contributed by atoms with van der Waals surface area (Å²) in [6, 6.07) is 1.03. The molecule has 16 nitrogen and oxygen atoms in total. The standard InChI is InChI=1S/C8H16N4O2.C8H12N4.C8H18N2O4S.CH4/c1-11-2-4-12(5-3-11)6(7(9)13)8(10)14;1-10-8(7-9)12-5-3-11(2)4-6-12;1-5-10(6-2,7-3)15(12,13)9-8(11)14-4;/h6H,2-5H2,1H3,(H2,9,13)(H2,10,14);8H,3-6H2,2H3;5-7H2,1-4H3;1H4. The molecule has 2 heterocycles. The second kappa shape index (κ2) is 20.0. The number of likely N-dealkylation sites (N-methyl/N-ethyl adjacent to an activating group) is 2. The highest BCUT2D eigenvalue weighted by Crippen LogP contribution is 2.16. The maximum Gasteiger partial charge on any atom is 0.416 e. The van der Waals surface area contributed by atoms with Crippen molar-refractivity contribution in [2.75, 3.05) is 93.2 Å². The number of quaternary nitrogens is 1. The minimum atomic E-state index is -3.86. The lowest BCUT2D eigenvalue weighted by Crippen LogP contribution is -2.58. The normalized spacial score (nSPS) is 18.1. The van der Waals surface area contributed by atoms with Gasteiger partial charge in [-0.15, -0.1) is 8.42 Å². The summed E-state index contributed by atoms with van der Waals surface area (Å²) in [5.41, 5.74) is 10.2. The van der Waals surface area contributed by atoms with E-state index in [2.05, 4.69) is 30.8 Å². The fourth-order valence-corrected chi connectivity index (χ4v) is 5.63. The van der Waals surface area contributed by atoms with Gasteiger partial charge in [0.25, 0.3) is 0 Å².